The Bertz CT molecular complexity index is 174. The third-order valence-electron chi connectivity index (χ3n) is 4.72. The van der Waals surface area contributed by atoms with Crippen LogP contribution in [0.3, 0.4) is 0 Å². The third-order valence-corrected chi connectivity index (χ3v) is 4.72. The molecule has 0 aliphatic heterocycles. The molecule has 0 heterocycles. The molecule has 0 spiro atoms. The average molecular weight is 180 g/mol. The maximum absolute atomic E-state index is 2.52. The summed E-state index contributed by atoms with van der Waals surface area (Å²) in [5.74, 6) is 3.11. The van der Waals surface area contributed by atoms with Gasteiger partial charge >= 0.3 is 0 Å². The van der Waals surface area contributed by atoms with Crippen molar-refractivity contribution in [1.29, 1.82) is 0 Å². The second kappa shape index (κ2) is 3.29. The van der Waals surface area contributed by atoms with Crippen molar-refractivity contribution in [2.75, 3.05) is 0 Å². The third kappa shape index (κ3) is 1.78. The summed E-state index contributed by atoms with van der Waals surface area (Å²) in [6.07, 6.45) is 9.01. The molecule has 0 radical (unpaired) electrons. The molecule has 2 atom stereocenters. The smallest absolute Gasteiger partial charge is 0.0295 e. The normalized spacial score (nSPS) is 36.2. The average Bonchev–Trinajstić information content (AvgIpc) is 2.85. The first-order chi connectivity index (χ1) is 6.12. The SMILES string of the molecule is CC1CC1C(C)(C)C1CCCCC1. The summed E-state index contributed by atoms with van der Waals surface area (Å²) >= 11 is 0. The van der Waals surface area contributed by atoms with Gasteiger partial charge < -0.3 is 0 Å². The van der Waals surface area contributed by atoms with Gasteiger partial charge in [-0.25, -0.2) is 0 Å². The molecule has 0 aromatic heterocycles. The number of rotatable bonds is 2. The standard InChI is InChI=1S/C13H24/c1-10-9-12(10)13(2,3)11-7-5-4-6-8-11/h10-12H,4-9H2,1-3H3. The lowest BCUT2D eigenvalue weighted by atomic mass is 9.68. The van der Waals surface area contributed by atoms with Crippen molar-refractivity contribution in [2.45, 2.75) is 59.3 Å². The van der Waals surface area contributed by atoms with Gasteiger partial charge in [0, 0.05) is 0 Å². The maximum atomic E-state index is 2.52. The largest absolute Gasteiger partial charge is 0.0622 e. The van der Waals surface area contributed by atoms with Crippen LogP contribution in [0.4, 0.5) is 0 Å². The number of hydrogen-bond donors (Lipinski definition) is 0. The monoisotopic (exact) mass is 180 g/mol. The molecule has 2 saturated carbocycles. The molecule has 2 aliphatic carbocycles. The fourth-order valence-corrected chi connectivity index (χ4v) is 3.51. The second-order valence-electron chi connectivity index (χ2n) is 5.98. The minimum absolute atomic E-state index is 0.653. The van der Waals surface area contributed by atoms with Crippen molar-refractivity contribution in [3.63, 3.8) is 0 Å². The first-order valence-electron chi connectivity index (χ1n) is 6.12. The van der Waals surface area contributed by atoms with E-state index in [1.165, 1.54) is 38.5 Å². The molecule has 0 saturated heterocycles. The molecule has 13 heavy (non-hydrogen) atoms. The van der Waals surface area contributed by atoms with Crippen LogP contribution >= 0.6 is 0 Å². The van der Waals surface area contributed by atoms with Crippen LogP contribution in [0.25, 0.3) is 0 Å². The molecule has 0 aromatic rings. The fraction of sp³-hybridized carbons (Fsp3) is 1.00. The molecule has 0 amide bonds. The topological polar surface area (TPSA) is 0 Å². The highest BCUT2D eigenvalue weighted by molar-refractivity contribution is 4.97. The van der Waals surface area contributed by atoms with Crippen molar-refractivity contribution in [1.82, 2.24) is 0 Å². The van der Waals surface area contributed by atoms with Crippen molar-refractivity contribution >= 4 is 0 Å². The highest BCUT2D eigenvalue weighted by atomic mass is 14.5. The van der Waals surface area contributed by atoms with Crippen LogP contribution in [-0.2, 0) is 0 Å². The number of hydrogen-bond acceptors (Lipinski definition) is 0. The lowest BCUT2D eigenvalue weighted by Crippen LogP contribution is -2.28. The Balaban J connectivity index is 1.96. The van der Waals surface area contributed by atoms with E-state index in [-0.39, 0.29) is 0 Å². The van der Waals surface area contributed by atoms with Crippen molar-refractivity contribution in [3.8, 4) is 0 Å². The lowest BCUT2D eigenvalue weighted by molar-refractivity contribution is 0.125. The molecule has 2 aliphatic rings. The Labute approximate surface area is 83.1 Å². The van der Waals surface area contributed by atoms with E-state index in [0.29, 0.717) is 5.41 Å². The molecule has 0 nitrogen and oxygen atoms in total. The van der Waals surface area contributed by atoms with Crippen LogP contribution in [0.5, 0.6) is 0 Å². The van der Waals surface area contributed by atoms with E-state index in [4.69, 9.17) is 0 Å². The zero-order chi connectivity index (χ0) is 9.47. The van der Waals surface area contributed by atoms with Crippen LogP contribution in [0.1, 0.15) is 59.3 Å². The van der Waals surface area contributed by atoms with E-state index >= 15 is 0 Å². The van der Waals surface area contributed by atoms with Gasteiger partial charge in [0.15, 0.2) is 0 Å². The molecule has 2 rings (SSSR count). The minimum atomic E-state index is 0.653. The van der Waals surface area contributed by atoms with E-state index in [1.807, 2.05) is 0 Å². The Morgan fingerprint density at radius 1 is 1.00 bits per heavy atom. The van der Waals surface area contributed by atoms with Crippen LogP contribution in [0, 0.1) is 23.2 Å². The Morgan fingerprint density at radius 2 is 1.54 bits per heavy atom. The second-order valence-corrected chi connectivity index (χ2v) is 5.98. The predicted molar refractivity (Wildman–Crippen MR) is 57.6 cm³/mol. The van der Waals surface area contributed by atoms with Crippen LogP contribution in [-0.4, -0.2) is 0 Å². The van der Waals surface area contributed by atoms with Gasteiger partial charge in [-0.1, -0.05) is 40.0 Å². The van der Waals surface area contributed by atoms with Crippen LogP contribution in [0.15, 0.2) is 0 Å². The highest BCUT2D eigenvalue weighted by Gasteiger charge is 2.48. The van der Waals surface area contributed by atoms with E-state index in [9.17, 15) is 0 Å². The van der Waals surface area contributed by atoms with Crippen molar-refractivity contribution < 1.29 is 0 Å². The summed E-state index contributed by atoms with van der Waals surface area (Å²) in [5, 5.41) is 0. The summed E-state index contributed by atoms with van der Waals surface area (Å²) in [7, 11) is 0. The summed E-state index contributed by atoms with van der Waals surface area (Å²) in [6, 6.07) is 0. The van der Waals surface area contributed by atoms with Gasteiger partial charge in [-0.2, -0.15) is 0 Å². The zero-order valence-corrected chi connectivity index (χ0v) is 9.47. The molecule has 76 valence electrons. The molecular weight excluding hydrogens is 156 g/mol. The van der Waals surface area contributed by atoms with Gasteiger partial charge in [0.2, 0.25) is 0 Å². The maximum Gasteiger partial charge on any atom is -0.0295 e. The first kappa shape index (κ1) is 9.55. The molecule has 2 unspecified atom stereocenters. The van der Waals surface area contributed by atoms with Gasteiger partial charge in [-0.3, -0.25) is 0 Å². The summed E-state index contributed by atoms with van der Waals surface area (Å²) in [5.41, 5.74) is 0.653. The van der Waals surface area contributed by atoms with Crippen molar-refractivity contribution in [3.05, 3.63) is 0 Å². The minimum Gasteiger partial charge on any atom is -0.0622 e. The molecule has 0 heteroatoms. The van der Waals surface area contributed by atoms with Gasteiger partial charge in [0.1, 0.15) is 0 Å². The first-order valence-corrected chi connectivity index (χ1v) is 6.12. The van der Waals surface area contributed by atoms with E-state index in [0.717, 1.165) is 17.8 Å². The Hall–Kier alpha value is 0. The molecule has 0 bridgehead atoms. The Morgan fingerprint density at radius 3 is 2.00 bits per heavy atom. The predicted octanol–water partition coefficient (Wildman–Crippen LogP) is 4.25. The van der Waals surface area contributed by atoms with Crippen LogP contribution in [0.2, 0.25) is 0 Å². The van der Waals surface area contributed by atoms with E-state index < -0.39 is 0 Å². The van der Waals surface area contributed by atoms with Gasteiger partial charge in [0.05, 0.1) is 0 Å². The highest BCUT2D eigenvalue weighted by Crippen LogP contribution is 2.56. The fourth-order valence-electron chi connectivity index (χ4n) is 3.51. The Kier molecular flexibility index (Phi) is 2.42. The molecule has 2 fully saturated rings. The van der Waals surface area contributed by atoms with E-state index in [2.05, 4.69) is 20.8 Å². The van der Waals surface area contributed by atoms with Crippen LogP contribution < -0.4 is 0 Å². The van der Waals surface area contributed by atoms with E-state index in [1.54, 1.807) is 0 Å². The summed E-state index contributed by atoms with van der Waals surface area (Å²) in [6.45, 7) is 7.48. The van der Waals surface area contributed by atoms with Gasteiger partial charge in [-0.05, 0) is 42.4 Å². The summed E-state index contributed by atoms with van der Waals surface area (Å²) in [4.78, 5) is 0. The van der Waals surface area contributed by atoms with Gasteiger partial charge in [0.25, 0.3) is 0 Å². The zero-order valence-electron chi connectivity index (χ0n) is 9.47. The molecular formula is C13H24. The molecule has 0 aromatic carbocycles. The molecule has 0 N–H and O–H groups in total. The van der Waals surface area contributed by atoms with Crippen molar-refractivity contribution in [2.24, 2.45) is 23.2 Å². The summed E-state index contributed by atoms with van der Waals surface area (Å²) < 4.78 is 0. The lowest BCUT2D eigenvalue weighted by Gasteiger charge is -2.37. The van der Waals surface area contributed by atoms with Gasteiger partial charge in [-0.15, -0.1) is 0 Å². The quantitative estimate of drug-likeness (QED) is 0.596.